The molecule has 13 heteroatoms. The van der Waals surface area contributed by atoms with E-state index < -0.39 is 20.2 Å². The molecule has 0 heterocycles. The van der Waals surface area contributed by atoms with E-state index in [4.69, 9.17) is 25.9 Å². The Morgan fingerprint density at radius 1 is 0.667 bits per heavy atom. The molecule has 0 atom stereocenters. The topological polar surface area (TPSA) is 240 Å². The number of rotatable bonds is 0. The zero-order chi connectivity index (χ0) is 9.00. The Bertz CT molecular complexity index is 218. The average molecular weight is 326 g/mol. The third kappa shape index (κ3) is 65300. The van der Waals surface area contributed by atoms with Gasteiger partial charge in [-0.15, -0.1) is 0 Å². The molecular weight excluding hydrogens is 312 g/mol. The van der Waals surface area contributed by atoms with Gasteiger partial charge in [-0.2, -0.15) is 0 Å². The smallest absolute Gasteiger partial charge is 0.748 e. The molecule has 0 spiro atoms. The van der Waals surface area contributed by atoms with Crippen LogP contribution in [0.25, 0.3) is 0 Å². The Kier molecular flexibility index (Phi) is 50.5. The first-order valence-corrected chi connectivity index (χ1v) is 5.45. The second-order valence-corrected chi connectivity index (χ2v) is 4.22. The van der Waals surface area contributed by atoms with E-state index in [0.29, 0.717) is 12.5 Å². The Hall–Kier alpha value is 0.179. The number of hydrogen-bond acceptors (Lipinski definition) is 6. The molecule has 0 unspecified atom stereocenters. The molecule has 0 rings (SSSR count). The molecule has 0 saturated carbocycles. The van der Waals surface area contributed by atoms with Crippen LogP contribution in [0.1, 0.15) is 0 Å². The van der Waals surface area contributed by atoms with Crippen molar-refractivity contribution in [1.82, 2.24) is 0 Å². The SMILES string of the molecule is CS(=O)(=O)[O-].CS(=O)(=O)[O-].O.O.O.O.[Cu+2]. The molecular formula is C2H14CuO10S2. The minimum absolute atomic E-state index is 0. The Morgan fingerprint density at radius 2 is 0.667 bits per heavy atom. The van der Waals surface area contributed by atoms with E-state index in [0.717, 1.165) is 0 Å². The summed E-state index contributed by atoms with van der Waals surface area (Å²) in [5, 5.41) is 0. The minimum Gasteiger partial charge on any atom is -0.748 e. The Morgan fingerprint density at radius 3 is 0.667 bits per heavy atom. The van der Waals surface area contributed by atoms with Crippen LogP contribution in [0.2, 0.25) is 0 Å². The van der Waals surface area contributed by atoms with Gasteiger partial charge in [-0.3, -0.25) is 0 Å². The van der Waals surface area contributed by atoms with Crippen molar-refractivity contribution in [2.45, 2.75) is 0 Å². The molecule has 0 amide bonds. The molecule has 0 aromatic rings. The summed E-state index contributed by atoms with van der Waals surface area (Å²) in [6, 6.07) is 0. The molecule has 0 aliphatic carbocycles. The zero-order valence-corrected chi connectivity index (χ0v) is 10.1. The van der Waals surface area contributed by atoms with E-state index in [-0.39, 0.29) is 39.0 Å². The first-order valence-electron chi connectivity index (χ1n) is 1.82. The quantitative estimate of drug-likeness (QED) is 0.311. The molecule has 0 bridgehead atoms. The van der Waals surface area contributed by atoms with Crippen LogP contribution >= 0.6 is 0 Å². The van der Waals surface area contributed by atoms with E-state index in [1.54, 1.807) is 0 Å². The van der Waals surface area contributed by atoms with Crippen molar-refractivity contribution < 1.29 is 64.9 Å². The summed E-state index contributed by atoms with van der Waals surface area (Å²) < 4.78 is 54.5. The van der Waals surface area contributed by atoms with E-state index in [2.05, 4.69) is 0 Å². The van der Waals surface area contributed by atoms with Crippen molar-refractivity contribution in [1.29, 1.82) is 0 Å². The largest absolute Gasteiger partial charge is 2.00 e. The van der Waals surface area contributed by atoms with Gasteiger partial charge in [0.2, 0.25) is 0 Å². The van der Waals surface area contributed by atoms with Gasteiger partial charge < -0.3 is 31.0 Å². The third-order valence-electron chi connectivity index (χ3n) is 0. The molecule has 105 valence electrons. The Balaban J connectivity index is -0.0000000128. The van der Waals surface area contributed by atoms with Gasteiger partial charge in [0.25, 0.3) is 0 Å². The molecule has 0 fully saturated rings. The maximum atomic E-state index is 9.08. The maximum Gasteiger partial charge on any atom is 2.00 e. The normalized spacial score (nSPS) is 7.73. The van der Waals surface area contributed by atoms with Gasteiger partial charge in [0.1, 0.15) is 0 Å². The molecule has 1 radical (unpaired) electrons. The Labute approximate surface area is 97.9 Å². The van der Waals surface area contributed by atoms with Crippen LogP contribution in [0.5, 0.6) is 0 Å². The van der Waals surface area contributed by atoms with Crippen LogP contribution in [-0.2, 0) is 37.3 Å². The summed E-state index contributed by atoms with van der Waals surface area (Å²) in [4.78, 5) is 0. The molecule has 0 aromatic heterocycles. The standard InChI is InChI=1S/2CH4O3S.Cu.4H2O/c2*1-5(2,3)4;;;;;/h2*1H3,(H,2,3,4);;4*1H2/q;;+2;;;;/p-2. The van der Waals surface area contributed by atoms with Crippen LogP contribution in [0, 0.1) is 0 Å². The molecule has 0 aliphatic rings. The fourth-order valence-electron chi connectivity index (χ4n) is 0. The van der Waals surface area contributed by atoms with E-state index in [1.165, 1.54) is 0 Å². The second kappa shape index (κ2) is 16.6. The first kappa shape index (κ1) is 45.6. The van der Waals surface area contributed by atoms with Crippen molar-refractivity contribution in [3.05, 3.63) is 0 Å². The molecule has 8 N–H and O–H groups in total. The van der Waals surface area contributed by atoms with Gasteiger partial charge in [0.15, 0.2) is 0 Å². The molecule has 0 aromatic carbocycles. The van der Waals surface area contributed by atoms with Crippen LogP contribution in [-0.4, -0.2) is 60.4 Å². The zero-order valence-electron chi connectivity index (χ0n) is 7.57. The van der Waals surface area contributed by atoms with Crippen molar-refractivity contribution in [3.8, 4) is 0 Å². The van der Waals surface area contributed by atoms with Crippen LogP contribution in [0.4, 0.5) is 0 Å². The van der Waals surface area contributed by atoms with E-state index in [9.17, 15) is 0 Å². The molecule has 10 nitrogen and oxygen atoms in total. The van der Waals surface area contributed by atoms with E-state index >= 15 is 0 Å². The summed E-state index contributed by atoms with van der Waals surface area (Å²) in [6.45, 7) is 0. The van der Waals surface area contributed by atoms with Crippen LogP contribution in [0.15, 0.2) is 0 Å². The fraction of sp³-hybridized carbons (Fsp3) is 1.00. The summed E-state index contributed by atoms with van der Waals surface area (Å²) in [5.41, 5.74) is 0. The minimum atomic E-state index is -3.92. The van der Waals surface area contributed by atoms with Crippen LogP contribution in [0.3, 0.4) is 0 Å². The summed E-state index contributed by atoms with van der Waals surface area (Å²) in [5.74, 6) is 0. The molecule has 15 heavy (non-hydrogen) atoms. The monoisotopic (exact) mass is 325 g/mol. The van der Waals surface area contributed by atoms with Crippen molar-refractivity contribution in [2.75, 3.05) is 12.5 Å². The molecule has 0 aliphatic heterocycles. The van der Waals surface area contributed by atoms with E-state index in [1.807, 2.05) is 0 Å². The van der Waals surface area contributed by atoms with Crippen molar-refractivity contribution >= 4 is 20.2 Å². The van der Waals surface area contributed by atoms with Gasteiger partial charge in [-0.1, -0.05) is 0 Å². The summed E-state index contributed by atoms with van der Waals surface area (Å²) in [6.07, 6.45) is 1.21. The van der Waals surface area contributed by atoms with Crippen LogP contribution < -0.4 is 0 Å². The fourth-order valence-corrected chi connectivity index (χ4v) is 0. The van der Waals surface area contributed by atoms with Gasteiger partial charge in [-0.25, -0.2) is 16.8 Å². The predicted octanol–water partition coefficient (Wildman–Crippen LogP) is -4.98. The predicted molar refractivity (Wildman–Crippen MR) is 45.7 cm³/mol. The molecule has 0 saturated heterocycles. The van der Waals surface area contributed by atoms with Gasteiger partial charge in [0, 0.05) is 12.5 Å². The van der Waals surface area contributed by atoms with Crippen molar-refractivity contribution in [3.63, 3.8) is 0 Å². The van der Waals surface area contributed by atoms with Gasteiger partial charge in [-0.05, 0) is 0 Å². The van der Waals surface area contributed by atoms with Crippen molar-refractivity contribution in [2.24, 2.45) is 0 Å². The summed E-state index contributed by atoms with van der Waals surface area (Å²) in [7, 11) is -7.83. The first-order chi connectivity index (χ1) is 4.00. The third-order valence-corrected chi connectivity index (χ3v) is 0. The number of hydrogen-bond donors (Lipinski definition) is 0. The maximum absolute atomic E-state index is 9.08. The van der Waals surface area contributed by atoms with Gasteiger partial charge >= 0.3 is 17.1 Å². The average Bonchev–Trinajstić information content (AvgIpc) is 1.12. The summed E-state index contributed by atoms with van der Waals surface area (Å²) >= 11 is 0. The second-order valence-electron chi connectivity index (χ2n) is 1.41. The van der Waals surface area contributed by atoms with Gasteiger partial charge in [0.05, 0.1) is 20.2 Å².